The number of anilines is 1. The van der Waals surface area contributed by atoms with E-state index in [0.717, 1.165) is 40.1 Å². The number of hydrogen-bond donors (Lipinski definition) is 1. The van der Waals surface area contributed by atoms with E-state index in [-0.39, 0.29) is 11.7 Å². The van der Waals surface area contributed by atoms with Gasteiger partial charge in [0.05, 0.1) is 12.0 Å². The zero-order valence-corrected chi connectivity index (χ0v) is 22.4. The Hall–Kier alpha value is -3.50. The van der Waals surface area contributed by atoms with Crippen LogP contribution in [0.15, 0.2) is 87.8 Å². The lowest BCUT2D eigenvalue weighted by Crippen LogP contribution is -2.21. The van der Waals surface area contributed by atoms with Crippen molar-refractivity contribution in [1.29, 1.82) is 0 Å². The SMILES string of the molecule is CCN(CC)c1ccc(C=NNC(=O)CSc2nnc(-c3cccnc3)n2-c2ccc(Br)cc2)cc1. The van der Waals surface area contributed by atoms with Gasteiger partial charge in [-0.25, -0.2) is 5.43 Å². The minimum Gasteiger partial charge on any atom is -0.372 e. The summed E-state index contributed by atoms with van der Waals surface area (Å²) < 4.78 is 2.89. The van der Waals surface area contributed by atoms with Crippen LogP contribution in [0.25, 0.3) is 17.1 Å². The van der Waals surface area contributed by atoms with Crippen molar-refractivity contribution in [3.05, 3.63) is 83.1 Å². The molecule has 36 heavy (non-hydrogen) atoms. The molecule has 0 aliphatic rings. The van der Waals surface area contributed by atoms with Crippen molar-refractivity contribution >= 4 is 45.5 Å². The zero-order chi connectivity index (χ0) is 25.3. The molecule has 4 aromatic rings. The first-order valence-corrected chi connectivity index (χ1v) is 13.3. The standard InChI is InChI=1S/C26H26BrN7OS/c1-3-33(4-2)22-11-7-19(8-12-22)16-29-30-24(35)18-36-26-32-31-25(20-6-5-15-28-17-20)34(26)23-13-9-21(27)10-14-23/h5-17H,3-4,18H2,1-2H3,(H,30,35). The minimum absolute atomic E-state index is 0.139. The zero-order valence-electron chi connectivity index (χ0n) is 20.0. The van der Waals surface area contributed by atoms with Crippen molar-refractivity contribution in [2.24, 2.45) is 5.10 Å². The van der Waals surface area contributed by atoms with E-state index < -0.39 is 0 Å². The summed E-state index contributed by atoms with van der Waals surface area (Å²) in [6.07, 6.45) is 5.09. The quantitative estimate of drug-likeness (QED) is 0.162. The lowest BCUT2D eigenvalue weighted by Gasteiger charge is -2.20. The summed E-state index contributed by atoms with van der Waals surface area (Å²) in [6.45, 7) is 6.18. The summed E-state index contributed by atoms with van der Waals surface area (Å²) in [7, 11) is 0. The third-order valence-corrected chi connectivity index (χ3v) is 6.85. The van der Waals surface area contributed by atoms with Crippen molar-refractivity contribution < 1.29 is 4.79 Å². The number of aromatic nitrogens is 4. The number of rotatable bonds is 10. The number of carbonyl (C=O) groups is 1. The third kappa shape index (κ3) is 6.38. The molecule has 1 amide bonds. The third-order valence-electron chi connectivity index (χ3n) is 5.39. The van der Waals surface area contributed by atoms with Gasteiger partial charge >= 0.3 is 0 Å². The highest BCUT2D eigenvalue weighted by atomic mass is 79.9. The summed E-state index contributed by atoms with van der Waals surface area (Å²) in [5.74, 6) is 0.559. The van der Waals surface area contributed by atoms with Gasteiger partial charge in [0.25, 0.3) is 5.91 Å². The van der Waals surface area contributed by atoms with E-state index in [1.807, 2.05) is 53.1 Å². The van der Waals surface area contributed by atoms with Crippen LogP contribution < -0.4 is 10.3 Å². The molecule has 0 radical (unpaired) electrons. The molecule has 0 spiro atoms. The van der Waals surface area contributed by atoms with Crippen LogP contribution in [0.2, 0.25) is 0 Å². The molecule has 0 bridgehead atoms. The second-order valence-electron chi connectivity index (χ2n) is 7.71. The molecule has 0 atom stereocenters. The molecule has 0 fully saturated rings. The maximum atomic E-state index is 12.5. The Morgan fingerprint density at radius 1 is 1.08 bits per heavy atom. The monoisotopic (exact) mass is 563 g/mol. The molecule has 8 nitrogen and oxygen atoms in total. The average molecular weight is 565 g/mol. The highest BCUT2D eigenvalue weighted by Crippen LogP contribution is 2.28. The molecule has 0 saturated carbocycles. The molecule has 0 unspecified atom stereocenters. The first-order chi connectivity index (χ1) is 17.6. The van der Waals surface area contributed by atoms with Crippen molar-refractivity contribution in [2.45, 2.75) is 19.0 Å². The van der Waals surface area contributed by atoms with Gasteiger partial charge in [0.15, 0.2) is 11.0 Å². The molecular weight excluding hydrogens is 538 g/mol. The van der Waals surface area contributed by atoms with Crippen LogP contribution in [-0.2, 0) is 4.79 Å². The Morgan fingerprint density at radius 3 is 2.50 bits per heavy atom. The van der Waals surface area contributed by atoms with Gasteiger partial charge in [-0.3, -0.25) is 14.3 Å². The largest absolute Gasteiger partial charge is 0.372 e. The van der Waals surface area contributed by atoms with E-state index in [1.165, 1.54) is 11.8 Å². The van der Waals surface area contributed by atoms with Crippen LogP contribution in [0.4, 0.5) is 5.69 Å². The summed E-state index contributed by atoms with van der Waals surface area (Å²) >= 11 is 4.77. The van der Waals surface area contributed by atoms with Crippen molar-refractivity contribution in [3.8, 4) is 17.1 Å². The van der Waals surface area contributed by atoms with E-state index in [4.69, 9.17) is 0 Å². The van der Waals surface area contributed by atoms with Crippen LogP contribution in [0.5, 0.6) is 0 Å². The van der Waals surface area contributed by atoms with Gasteiger partial charge in [-0.15, -0.1) is 10.2 Å². The predicted molar refractivity (Wildman–Crippen MR) is 149 cm³/mol. The Balaban J connectivity index is 1.42. The van der Waals surface area contributed by atoms with Crippen molar-refractivity contribution in [1.82, 2.24) is 25.2 Å². The number of pyridine rings is 1. The Kier molecular flexibility index (Phi) is 8.85. The van der Waals surface area contributed by atoms with E-state index in [1.54, 1.807) is 18.6 Å². The van der Waals surface area contributed by atoms with Crippen molar-refractivity contribution in [2.75, 3.05) is 23.7 Å². The normalized spacial score (nSPS) is 11.1. The molecule has 2 aromatic carbocycles. The Bertz CT molecular complexity index is 1300. The van der Waals surface area contributed by atoms with E-state index >= 15 is 0 Å². The fraction of sp³-hybridized carbons (Fsp3) is 0.192. The van der Waals surface area contributed by atoms with E-state index in [9.17, 15) is 4.79 Å². The molecule has 0 saturated heterocycles. The highest BCUT2D eigenvalue weighted by molar-refractivity contribution is 9.10. The Morgan fingerprint density at radius 2 is 1.83 bits per heavy atom. The number of benzene rings is 2. The lowest BCUT2D eigenvalue weighted by atomic mass is 10.2. The van der Waals surface area contributed by atoms with E-state index in [2.05, 4.69) is 72.5 Å². The maximum absolute atomic E-state index is 12.5. The number of nitrogens with one attached hydrogen (secondary N) is 1. The molecule has 1 N–H and O–H groups in total. The number of carbonyl (C=O) groups excluding carboxylic acids is 1. The molecule has 0 aliphatic heterocycles. The maximum Gasteiger partial charge on any atom is 0.250 e. The number of nitrogens with zero attached hydrogens (tertiary/aromatic N) is 6. The van der Waals surface area contributed by atoms with Gasteiger partial charge in [-0.05, 0) is 67.9 Å². The summed E-state index contributed by atoms with van der Waals surface area (Å²) in [6, 6.07) is 19.7. The van der Waals surface area contributed by atoms with E-state index in [0.29, 0.717) is 11.0 Å². The number of halogens is 1. The summed E-state index contributed by atoms with van der Waals surface area (Å²) in [5, 5.41) is 13.4. The second-order valence-corrected chi connectivity index (χ2v) is 9.56. The molecule has 2 heterocycles. The predicted octanol–water partition coefficient (Wildman–Crippen LogP) is 5.18. The first kappa shape index (κ1) is 25.6. The fourth-order valence-corrected chi connectivity index (χ4v) is 4.58. The van der Waals surface area contributed by atoms with Gasteiger partial charge < -0.3 is 4.90 Å². The molecular formula is C26H26BrN7OS. The topological polar surface area (TPSA) is 88.3 Å². The number of hydrazone groups is 1. The molecule has 10 heteroatoms. The van der Waals surface area contributed by atoms with Gasteiger partial charge in [-0.1, -0.05) is 39.8 Å². The van der Waals surface area contributed by atoms with Gasteiger partial charge in [0, 0.05) is 46.9 Å². The molecule has 2 aromatic heterocycles. The molecule has 184 valence electrons. The van der Waals surface area contributed by atoms with Crippen LogP contribution >= 0.6 is 27.7 Å². The van der Waals surface area contributed by atoms with Crippen LogP contribution in [0, 0.1) is 0 Å². The second kappa shape index (κ2) is 12.5. The van der Waals surface area contributed by atoms with Crippen molar-refractivity contribution in [3.63, 3.8) is 0 Å². The number of thioether (sulfide) groups is 1. The van der Waals surface area contributed by atoms with Gasteiger partial charge in [0.1, 0.15) is 0 Å². The molecule has 0 aliphatic carbocycles. The minimum atomic E-state index is -0.232. The first-order valence-electron chi connectivity index (χ1n) is 11.5. The van der Waals surface area contributed by atoms with Gasteiger partial charge in [-0.2, -0.15) is 5.10 Å². The van der Waals surface area contributed by atoms with Gasteiger partial charge in [0.2, 0.25) is 0 Å². The fourth-order valence-electron chi connectivity index (χ4n) is 3.57. The summed E-state index contributed by atoms with van der Waals surface area (Å²) in [5.41, 5.74) is 6.39. The average Bonchev–Trinajstić information content (AvgIpc) is 3.34. The van der Waals surface area contributed by atoms with Crippen LogP contribution in [0.3, 0.4) is 0 Å². The smallest absolute Gasteiger partial charge is 0.250 e. The van der Waals surface area contributed by atoms with Crippen LogP contribution in [-0.4, -0.2) is 50.7 Å². The summed E-state index contributed by atoms with van der Waals surface area (Å²) in [4.78, 5) is 18.9. The Labute approximate surface area is 223 Å². The van der Waals surface area contributed by atoms with Crippen LogP contribution in [0.1, 0.15) is 19.4 Å². The lowest BCUT2D eigenvalue weighted by molar-refractivity contribution is -0.118. The number of hydrogen-bond acceptors (Lipinski definition) is 7. The highest BCUT2D eigenvalue weighted by Gasteiger charge is 2.17. The molecule has 4 rings (SSSR count). The number of amides is 1.